The van der Waals surface area contributed by atoms with Crippen LogP contribution < -0.4 is 0 Å². The lowest BCUT2D eigenvalue weighted by molar-refractivity contribution is -0.386. The van der Waals surface area contributed by atoms with Crippen molar-refractivity contribution in [3.8, 4) is 0 Å². The monoisotopic (exact) mass is 428 g/mol. The minimum Gasteiger partial charge on any atom is -0.226 e. The number of hydrogen-bond acceptors (Lipinski definition) is 0. The number of hydrogen-bond donors (Lipinski definition) is 0. The van der Waals surface area contributed by atoms with Crippen LogP contribution in [0.2, 0.25) is 0 Å². The highest BCUT2D eigenvalue weighted by molar-refractivity contribution is 5.23. The van der Waals surface area contributed by atoms with E-state index in [2.05, 4.69) is 6.58 Å². The molecule has 0 saturated heterocycles. The number of rotatable bonds is 8. The largest absolute Gasteiger partial charge is 0.429 e. The van der Waals surface area contributed by atoms with Crippen molar-refractivity contribution in [1.82, 2.24) is 0 Å². The van der Waals surface area contributed by atoms with Crippen molar-refractivity contribution < 1.29 is 39.5 Å². The Morgan fingerprint density at radius 2 is 1.18 bits per heavy atom. The van der Waals surface area contributed by atoms with Gasteiger partial charge in [0.1, 0.15) is 0 Å². The summed E-state index contributed by atoms with van der Waals surface area (Å²) in [5.74, 6) is -6.78. The number of halogens is 9. The van der Waals surface area contributed by atoms with Crippen molar-refractivity contribution in [2.75, 3.05) is 0 Å². The molecule has 0 spiro atoms. The fourth-order valence-electron chi connectivity index (χ4n) is 3.36. The van der Waals surface area contributed by atoms with Gasteiger partial charge >= 0.3 is 6.18 Å². The zero-order valence-corrected chi connectivity index (χ0v) is 17.4. The van der Waals surface area contributed by atoms with Gasteiger partial charge in [-0.2, -0.15) is 13.2 Å². The van der Waals surface area contributed by atoms with Gasteiger partial charge < -0.3 is 0 Å². The summed E-state index contributed by atoms with van der Waals surface area (Å²) in [6, 6.07) is 0. The first kappa shape index (κ1) is 27.1. The van der Waals surface area contributed by atoms with E-state index in [0.717, 1.165) is 20.8 Å². The van der Waals surface area contributed by atoms with Crippen LogP contribution in [0.25, 0.3) is 0 Å². The first-order valence-corrected chi connectivity index (χ1v) is 8.71. The molecule has 0 radical (unpaired) electrons. The second kappa shape index (κ2) is 7.11. The van der Waals surface area contributed by atoms with Crippen molar-refractivity contribution in [2.24, 2.45) is 21.7 Å². The highest BCUT2D eigenvalue weighted by Gasteiger charge is 2.85. The van der Waals surface area contributed by atoms with Gasteiger partial charge in [0, 0.05) is 21.7 Å². The molecule has 0 aliphatic heterocycles. The maximum atomic E-state index is 15.9. The smallest absolute Gasteiger partial charge is 0.226 e. The van der Waals surface area contributed by atoms with Gasteiger partial charge in [-0.15, -0.1) is 0 Å². The summed E-state index contributed by atoms with van der Waals surface area (Å²) < 4.78 is 130. The molecule has 0 amide bonds. The molecule has 0 aromatic heterocycles. The van der Waals surface area contributed by atoms with Gasteiger partial charge in [0.05, 0.1) is 5.83 Å². The molecule has 0 fully saturated rings. The van der Waals surface area contributed by atoms with Crippen molar-refractivity contribution >= 4 is 0 Å². The van der Waals surface area contributed by atoms with Gasteiger partial charge in [0.2, 0.25) is 6.43 Å². The summed E-state index contributed by atoms with van der Waals surface area (Å²) in [6.07, 6.45) is -10.5. The van der Waals surface area contributed by atoms with Crippen LogP contribution in [-0.2, 0) is 0 Å². The van der Waals surface area contributed by atoms with Crippen LogP contribution in [0.1, 0.15) is 61.8 Å². The average molecular weight is 428 g/mol. The molecule has 0 saturated carbocycles. The fraction of sp³-hybridized carbons (Fsp3) is 0.895. The maximum absolute atomic E-state index is 15.9. The third-order valence-electron chi connectivity index (χ3n) is 7.29. The Balaban J connectivity index is 7.31. The molecule has 2 atom stereocenters. The first-order chi connectivity index (χ1) is 11.9. The third kappa shape index (κ3) is 3.15. The molecule has 0 N–H and O–H groups in total. The topological polar surface area (TPSA) is 0 Å². The van der Waals surface area contributed by atoms with Crippen molar-refractivity contribution in [3.63, 3.8) is 0 Å². The third-order valence-corrected chi connectivity index (χ3v) is 7.29. The Hall–Kier alpha value is -0.890. The van der Waals surface area contributed by atoms with Crippen molar-refractivity contribution in [1.29, 1.82) is 0 Å². The van der Waals surface area contributed by atoms with Crippen molar-refractivity contribution in [3.05, 3.63) is 12.4 Å². The average Bonchev–Trinajstić information content (AvgIpc) is 2.50. The van der Waals surface area contributed by atoms with Crippen LogP contribution in [0.4, 0.5) is 39.5 Å². The molecule has 0 nitrogen and oxygen atoms in total. The summed E-state index contributed by atoms with van der Waals surface area (Å²) in [7, 11) is 0. The molecule has 0 aliphatic rings. The zero-order valence-electron chi connectivity index (χ0n) is 17.4. The van der Waals surface area contributed by atoms with Crippen LogP contribution in [-0.4, -0.2) is 24.2 Å². The van der Waals surface area contributed by atoms with Crippen LogP contribution in [0.5, 0.6) is 0 Å². The van der Waals surface area contributed by atoms with E-state index in [1.807, 2.05) is 0 Å². The summed E-state index contributed by atoms with van der Waals surface area (Å²) in [6.45, 7) is 8.33. The molecule has 0 heterocycles. The van der Waals surface area contributed by atoms with E-state index < -0.39 is 58.1 Å². The van der Waals surface area contributed by atoms with Gasteiger partial charge in [-0.25, -0.2) is 26.3 Å². The Morgan fingerprint density at radius 1 is 0.821 bits per heavy atom. The van der Waals surface area contributed by atoms with Crippen LogP contribution in [0.3, 0.4) is 0 Å². The minimum absolute atomic E-state index is 0.465. The zero-order chi connectivity index (χ0) is 23.4. The van der Waals surface area contributed by atoms with E-state index in [9.17, 15) is 26.3 Å². The molecule has 0 aliphatic carbocycles. The first-order valence-electron chi connectivity index (χ1n) is 8.71. The molecule has 9 heteroatoms. The van der Waals surface area contributed by atoms with E-state index >= 15 is 13.2 Å². The summed E-state index contributed by atoms with van der Waals surface area (Å²) in [5, 5.41) is 0. The van der Waals surface area contributed by atoms with Crippen LogP contribution in [0.15, 0.2) is 12.4 Å². The lowest BCUT2D eigenvalue weighted by Gasteiger charge is -2.59. The lowest BCUT2D eigenvalue weighted by atomic mass is 9.49. The highest BCUT2D eigenvalue weighted by Crippen LogP contribution is 2.70. The standard InChI is InChI=1S/C19H29F9/c1-10-16(9,13(3,4)11(2)20)17(23,19(26,27)28)18(24,25)15(7,8)14(5,6)12(21)22/h12H,2,10H2,1,3-9H3. The second-order valence-electron chi connectivity index (χ2n) is 9.09. The van der Waals surface area contributed by atoms with Crippen molar-refractivity contribution in [2.45, 2.75) is 86.0 Å². The van der Waals surface area contributed by atoms with E-state index in [0.29, 0.717) is 34.6 Å². The predicted octanol–water partition coefficient (Wildman–Crippen LogP) is 8.14. The van der Waals surface area contributed by atoms with Gasteiger partial charge in [-0.1, -0.05) is 62.0 Å². The maximum Gasteiger partial charge on any atom is 0.429 e. The molecule has 0 bridgehead atoms. The molecular formula is C19H29F9. The predicted molar refractivity (Wildman–Crippen MR) is 90.8 cm³/mol. The normalized spacial score (nSPS) is 19.4. The molecule has 0 rings (SSSR count). The molecular weight excluding hydrogens is 399 g/mol. The van der Waals surface area contributed by atoms with Gasteiger partial charge in [-0.3, -0.25) is 0 Å². The van der Waals surface area contributed by atoms with Crippen LogP contribution >= 0.6 is 0 Å². The number of allylic oxidation sites excluding steroid dienone is 1. The Morgan fingerprint density at radius 3 is 1.39 bits per heavy atom. The summed E-state index contributed by atoms with van der Waals surface area (Å²) >= 11 is 0. The quantitative estimate of drug-likeness (QED) is 0.342. The molecule has 28 heavy (non-hydrogen) atoms. The van der Waals surface area contributed by atoms with Gasteiger partial charge in [0.15, 0.2) is 0 Å². The molecule has 168 valence electrons. The van der Waals surface area contributed by atoms with E-state index in [4.69, 9.17) is 0 Å². The van der Waals surface area contributed by atoms with Crippen LogP contribution in [0, 0.1) is 21.7 Å². The Kier molecular flexibility index (Phi) is 6.89. The van der Waals surface area contributed by atoms with E-state index in [1.54, 1.807) is 0 Å². The second-order valence-corrected chi connectivity index (χ2v) is 9.09. The van der Waals surface area contributed by atoms with E-state index in [1.165, 1.54) is 0 Å². The molecule has 0 aromatic carbocycles. The minimum atomic E-state index is -6.19. The van der Waals surface area contributed by atoms with E-state index in [-0.39, 0.29) is 0 Å². The number of alkyl halides is 8. The Bertz CT molecular complexity index is 587. The summed E-state index contributed by atoms with van der Waals surface area (Å²) in [4.78, 5) is 0. The molecule has 0 aromatic rings. The highest BCUT2D eigenvalue weighted by atomic mass is 19.4. The Labute approximate surface area is 160 Å². The van der Waals surface area contributed by atoms with Gasteiger partial charge in [-0.05, 0) is 6.42 Å². The van der Waals surface area contributed by atoms with Gasteiger partial charge in [0.25, 0.3) is 11.6 Å². The lowest BCUT2D eigenvalue weighted by Crippen LogP contribution is -2.73. The summed E-state index contributed by atoms with van der Waals surface area (Å²) in [5.41, 5.74) is -16.7. The SMILES string of the molecule is C=C(F)C(C)(C)C(C)(CC)C(F)(C(F)(F)F)C(F)(F)C(C)(C)C(C)(C)C(F)F. The fourth-order valence-corrected chi connectivity index (χ4v) is 3.36. The molecule has 2 unspecified atom stereocenters.